The first-order valence-corrected chi connectivity index (χ1v) is 11.4. The number of hydrogen-bond donors (Lipinski definition) is 3. The minimum absolute atomic E-state index is 0.0186. The summed E-state index contributed by atoms with van der Waals surface area (Å²) < 4.78 is 38.3. The Kier molecular flexibility index (Phi) is 8.93. The van der Waals surface area contributed by atoms with Crippen LogP contribution in [0.1, 0.15) is 60.1 Å². The maximum Gasteiger partial charge on any atom is 0.416 e. The standard InChI is InChI=1S/C25H26F3N5O3/c1-2-4-20(33-21-11-8-17(13-30-21)24(36)29-12-3-5-22(34)35)18-14-31-23(32-15-18)16-6-9-19(10-7-16)25(26,27)28/h6-11,13-15,20H,2-5,12H2,1H3,(H,29,36)(H,30,33)(H,34,35). The Morgan fingerprint density at radius 2 is 1.69 bits per heavy atom. The van der Waals surface area contributed by atoms with Crippen molar-refractivity contribution >= 4 is 17.7 Å². The third kappa shape index (κ3) is 7.49. The molecule has 2 aromatic heterocycles. The number of carbonyl (C=O) groups is 2. The van der Waals surface area contributed by atoms with Crippen LogP contribution >= 0.6 is 0 Å². The highest BCUT2D eigenvalue weighted by Crippen LogP contribution is 2.30. The molecular formula is C25H26F3N5O3. The van der Waals surface area contributed by atoms with Gasteiger partial charge in [-0.25, -0.2) is 15.0 Å². The second-order valence-corrected chi connectivity index (χ2v) is 8.09. The predicted molar refractivity (Wildman–Crippen MR) is 127 cm³/mol. The normalized spacial score (nSPS) is 12.1. The Bertz CT molecular complexity index is 1150. The minimum Gasteiger partial charge on any atom is -0.481 e. The van der Waals surface area contributed by atoms with Crippen molar-refractivity contribution < 1.29 is 27.9 Å². The van der Waals surface area contributed by atoms with E-state index < -0.39 is 17.7 Å². The number of amides is 1. The van der Waals surface area contributed by atoms with Crippen molar-refractivity contribution in [2.24, 2.45) is 0 Å². The van der Waals surface area contributed by atoms with Crippen molar-refractivity contribution in [1.82, 2.24) is 20.3 Å². The van der Waals surface area contributed by atoms with Gasteiger partial charge < -0.3 is 15.7 Å². The third-order valence-electron chi connectivity index (χ3n) is 5.32. The summed E-state index contributed by atoms with van der Waals surface area (Å²) in [6, 6.07) is 7.81. The lowest BCUT2D eigenvalue weighted by molar-refractivity contribution is -0.138. The summed E-state index contributed by atoms with van der Waals surface area (Å²) in [5, 5.41) is 14.6. The van der Waals surface area contributed by atoms with Crippen LogP contribution in [0, 0.1) is 0 Å². The quantitative estimate of drug-likeness (QED) is 0.313. The number of halogens is 3. The number of anilines is 1. The minimum atomic E-state index is -4.40. The molecule has 1 aromatic carbocycles. The smallest absolute Gasteiger partial charge is 0.416 e. The number of aromatic nitrogens is 3. The monoisotopic (exact) mass is 501 g/mol. The maximum absolute atomic E-state index is 12.8. The van der Waals surface area contributed by atoms with Crippen LogP contribution < -0.4 is 10.6 Å². The van der Waals surface area contributed by atoms with Gasteiger partial charge in [0.2, 0.25) is 0 Å². The number of alkyl halides is 3. The first-order valence-electron chi connectivity index (χ1n) is 11.4. The van der Waals surface area contributed by atoms with Gasteiger partial charge in [0.15, 0.2) is 5.82 Å². The van der Waals surface area contributed by atoms with Gasteiger partial charge in [-0.1, -0.05) is 25.5 Å². The summed E-state index contributed by atoms with van der Waals surface area (Å²) in [4.78, 5) is 35.7. The Labute approximate surface area is 206 Å². The van der Waals surface area contributed by atoms with E-state index in [2.05, 4.69) is 25.6 Å². The molecule has 0 saturated heterocycles. The van der Waals surface area contributed by atoms with E-state index in [9.17, 15) is 22.8 Å². The molecule has 0 fully saturated rings. The molecular weight excluding hydrogens is 475 g/mol. The van der Waals surface area contributed by atoms with Crippen LogP contribution in [0.5, 0.6) is 0 Å². The molecule has 0 aliphatic heterocycles. The predicted octanol–water partition coefficient (Wildman–Crippen LogP) is 5.11. The molecule has 0 aliphatic carbocycles. The fourth-order valence-electron chi connectivity index (χ4n) is 3.42. The Balaban J connectivity index is 1.64. The number of carbonyl (C=O) groups excluding carboxylic acids is 1. The summed E-state index contributed by atoms with van der Waals surface area (Å²) in [5.74, 6) is -0.387. The molecule has 1 amide bonds. The second-order valence-electron chi connectivity index (χ2n) is 8.09. The van der Waals surface area contributed by atoms with E-state index in [-0.39, 0.29) is 24.9 Å². The van der Waals surface area contributed by atoms with Crippen LogP contribution in [0.2, 0.25) is 0 Å². The van der Waals surface area contributed by atoms with Crippen LogP contribution in [0.15, 0.2) is 55.0 Å². The summed E-state index contributed by atoms with van der Waals surface area (Å²) in [7, 11) is 0. The van der Waals surface area contributed by atoms with Gasteiger partial charge in [-0.15, -0.1) is 0 Å². The molecule has 3 aromatic rings. The number of nitrogens with one attached hydrogen (secondary N) is 2. The first kappa shape index (κ1) is 26.6. The van der Waals surface area contributed by atoms with Crippen LogP contribution in [0.4, 0.5) is 19.0 Å². The van der Waals surface area contributed by atoms with Gasteiger partial charge in [0, 0.05) is 42.7 Å². The highest BCUT2D eigenvalue weighted by Gasteiger charge is 2.30. The van der Waals surface area contributed by atoms with E-state index in [1.807, 2.05) is 6.92 Å². The number of carboxylic acids is 1. The lowest BCUT2D eigenvalue weighted by Gasteiger charge is -2.19. The number of hydrogen-bond acceptors (Lipinski definition) is 6. The summed E-state index contributed by atoms with van der Waals surface area (Å²) in [6.07, 6.45) is 2.22. The number of nitrogens with zero attached hydrogens (tertiary/aromatic N) is 3. The average Bonchev–Trinajstić information content (AvgIpc) is 2.86. The number of rotatable bonds is 11. The summed E-state index contributed by atoms with van der Waals surface area (Å²) >= 11 is 0. The van der Waals surface area contributed by atoms with Gasteiger partial charge in [-0.3, -0.25) is 9.59 Å². The molecule has 1 atom stereocenters. The SMILES string of the molecule is CCCC(Nc1ccc(C(=O)NCCCC(=O)O)cn1)c1cnc(-c2ccc(C(F)(F)F)cc2)nc1. The van der Waals surface area contributed by atoms with Crippen molar-refractivity contribution in [2.75, 3.05) is 11.9 Å². The van der Waals surface area contributed by atoms with Crippen LogP contribution in [-0.4, -0.2) is 38.5 Å². The molecule has 0 aliphatic rings. The van der Waals surface area contributed by atoms with Crippen molar-refractivity contribution in [3.05, 3.63) is 71.7 Å². The molecule has 190 valence electrons. The van der Waals surface area contributed by atoms with Crippen LogP contribution in [0.25, 0.3) is 11.4 Å². The largest absolute Gasteiger partial charge is 0.481 e. The van der Waals surface area contributed by atoms with Crippen LogP contribution in [-0.2, 0) is 11.0 Å². The topological polar surface area (TPSA) is 117 Å². The lowest BCUT2D eigenvalue weighted by Crippen LogP contribution is -2.25. The van der Waals surface area contributed by atoms with Crippen molar-refractivity contribution in [3.63, 3.8) is 0 Å². The van der Waals surface area contributed by atoms with E-state index in [1.165, 1.54) is 18.3 Å². The number of pyridine rings is 1. The highest BCUT2D eigenvalue weighted by molar-refractivity contribution is 5.94. The molecule has 0 saturated carbocycles. The van der Waals surface area contributed by atoms with Crippen molar-refractivity contribution in [2.45, 2.75) is 44.8 Å². The third-order valence-corrected chi connectivity index (χ3v) is 5.32. The zero-order chi connectivity index (χ0) is 26.1. The molecule has 0 spiro atoms. The van der Waals surface area contributed by atoms with Crippen molar-refractivity contribution in [1.29, 1.82) is 0 Å². The van der Waals surface area contributed by atoms with E-state index in [0.29, 0.717) is 29.2 Å². The average molecular weight is 502 g/mol. The van der Waals surface area contributed by atoms with E-state index in [0.717, 1.165) is 30.5 Å². The molecule has 0 bridgehead atoms. The molecule has 11 heteroatoms. The van der Waals surface area contributed by atoms with E-state index >= 15 is 0 Å². The molecule has 2 heterocycles. The van der Waals surface area contributed by atoms with Gasteiger partial charge in [0.05, 0.1) is 17.2 Å². The zero-order valence-corrected chi connectivity index (χ0v) is 19.5. The fourth-order valence-corrected chi connectivity index (χ4v) is 3.42. The number of benzene rings is 1. The highest BCUT2D eigenvalue weighted by atomic mass is 19.4. The van der Waals surface area contributed by atoms with Gasteiger partial charge in [0.25, 0.3) is 5.91 Å². The molecule has 8 nitrogen and oxygen atoms in total. The molecule has 1 unspecified atom stereocenters. The molecule has 3 N–H and O–H groups in total. The fraction of sp³-hybridized carbons (Fsp3) is 0.320. The van der Waals surface area contributed by atoms with E-state index in [4.69, 9.17) is 5.11 Å². The zero-order valence-electron chi connectivity index (χ0n) is 19.5. The summed E-state index contributed by atoms with van der Waals surface area (Å²) in [6.45, 7) is 2.28. The molecule has 0 radical (unpaired) electrons. The van der Waals surface area contributed by atoms with Gasteiger partial charge in [-0.2, -0.15) is 13.2 Å². The molecule has 36 heavy (non-hydrogen) atoms. The summed E-state index contributed by atoms with van der Waals surface area (Å²) in [5.41, 5.74) is 0.888. The van der Waals surface area contributed by atoms with Crippen LogP contribution in [0.3, 0.4) is 0 Å². The Hall–Kier alpha value is -4.02. The Morgan fingerprint density at radius 1 is 1.00 bits per heavy atom. The lowest BCUT2D eigenvalue weighted by atomic mass is 10.1. The number of carboxylic acid groups (broad SMARTS) is 1. The first-order chi connectivity index (χ1) is 17.2. The van der Waals surface area contributed by atoms with Gasteiger partial charge in [-0.05, 0) is 37.1 Å². The maximum atomic E-state index is 12.8. The molecule has 3 rings (SSSR count). The van der Waals surface area contributed by atoms with E-state index in [1.54, 1.807) is 24.5 Å². The number of aliphatic carboxylic acids is 1. The van der Waals surface area contributed by atoms with Gasteiger partial charge >= 0.3 is 12.1 Å². The Morgan fingerprint density at radius 3 is 2.25 bits per heavy atom. The van der Waals surface area contributed by atoms with Crippen molar-refractivity contribution in [3.8, 4) is 11.4 Å². The van der Waals surface area contributed by atoms with Gasteiger partial charge in [0.1, 0.15) is 5.82 Å². The second kappa shape index (κ2) is 12.1.